The van der Waals surface area contributed by atoms with Gasteiger partial charge >= 0.3 is 0 Å². The Bertz CT molecular complexity index is 583. The molecule has 102 valence electrons. The van der Waals surface area contributed by atoms with Crippen LogP contribution in [0.2, 0.25) is 0 Å². The van der Waals surface area contributed by atoms with Gasteiger partial charge in [0.25, 0.3) is 0 Å². The fourth-order valence-electron chi connectivity index (χ4n) is 1.88. The van der Waals surface area contributed by atoms with Crippen molar-refractivity contribution in [2.75, 3.05) is 14.2 Å². The minimum Gasteiger partial charge on any atom is -0.493 e. The Hall–Kier alpha value is -1.04. The maximum atomic E-state index is 6.33. The van der Waals surface area contributed by atoms with Crippen molar-refractivity contribution in [3.8, 4) is 11.5 Å². The topological polar surface area (TPSA) is 44.5 Å². The molecule has 2 N–H and O–H groups in total. The van der Waals surface area contributed by atoms with Gasteiger partial charge in [-0.05, 0) is 36.8 Å². The van der Waals surface area contributed by atoms with Crippen LogP contribution in [-0.2, 0) is 0 Å². The average Bonchev–Trinajstić information content (AvgIpc) is 2.84. The second kappa shape index (κ2) is 5.94. The predicted molar refractivity (Wildman–Crippen MR) is 82.3 cm³/mol. The zero-order chi connectivity index (χ0) is 14.0. The molecule has 0 saturated carbocycles. The van der Waals surface area contributed by atoms with E-state index in [1.807, 2.05) is 12.1 Å². The molecular weight excluding hydrogens is 326 g/mol. The molecule has 2 rings (SSSR count). The number of hydrogen-bond donors (Lipinski definition) is 1. The molecule has 0 fully saturated rings. The number of ether oxygens (including phenoxy) is 2. The fourth-order valence-corrected chi connectivity index (χ4v) is 3.35. The standard InChI is InChI=1S/C14H16BrNO2S/c1-8-4-5-13(19-8)14(16)9-6-11(17-2)12(18-3)7-10(9)15/h4-7,14H,16H2,1-3H3. The molecule has 0 spiro atoms. The van der Waals surface area contributed by atoms with Crippen molar-refractivity contribution in [1.29, 1.82) is 0 Å². The van der Waals surface area contributed by atoms with Gasteiger partial charge in [0.15, 0.2) is 11.5 Å². The number of benzene rings is 1. The van der Waals surface area contributed by atoms with Gasteiger partial charge in [-0.1, -0.05) is 15.9 Å². The quantitative estimate of drug-likeness (QED) is 0.917. The maximum Gasteiger partial charge on any atom is 0.161 e. The van der Waals surface area contributed by atoms with Crippen LogP contribution in [0.1, 0.15) is 21.4 Å². The van der Waals surface area contributed by atoms with Crippen molar-refractivity contribution in [2.24, 2.45) is 5.73 Å². The highest BCUT2D eigenvalue weighted by Gasteiger charge is 2.17. The Morgan fingerprint density at radius 2 is 1.79 bits per heavy atom. The van der Waals surface area contributed by atoms with Gasteiger partial charge in [-0.2, -0.15) is 0 Å². The van der Waals surface area contributed by atoms with Gasteiger partial charge in [0.05, 0.1) is 20.3 Å². The third-order valence-corrected chi connectivity index (χ3v) is 4.68. The SMILES string of the molecule is COc1cc(Br)c(C(N)c2ccc(C)s2)cc1OC. The third kappa shape index (κ3) is 2.94. The van der Waals surface area contributed by atoms with Crippen LogP contribution >= 0.6 is 27.3 Å². The Morgan fingerprint density at radius 1 is 1.16 bits per heavy atom. The van der Waals surface area contributed by atoms with Crippen LogP contribution in [-0.4, -0.2) is 14.2 Å². The van der Waals surface area contributed by atoms with E-state index in [0.29, 0.717) is 11.5 Å². The van der Waals surface area contributed by atoms with Crippen molar-refractivity contribution >= 4 is 27.3 Å². The summed E-state index contributed by atoms with van der Waals surface area (Å²) in [6.07, 6.45) is 0. The minimum absolute atomic E-state index is 0.173. The van der Waals surface area contributed by atoms with Crippen LogP contribution in [0.4, 0.5) is 0 Å². The normalized spacial score (nSPS) is 12.3. The van der Waals surface area contributed by atoms with Crippen LogP contribution < -0.4 is 15.2 Å². The molecule has 0 amide bonds. The Kier molecular flexibility index (Phi) is 4.50. The summed E-state index contributed by atoms with van der Waals surface area (Å²) in [4.78, 5) is 2.38. The fraction of sp³-hybridized carbons (Fsp3) is 0.286. The number of hydrogen-bond acceptors (Lipinski definition) is 4. The van der Waals surface area contributed by atoms with Gasteiger partial charge in [0.2, 0.25) is 0 Å². The third-order valence-electron chi connectivity index (χ3n) is 2.91. The molecule has 1 heterocycles. The summed E-state index contributed by atoms with van der Waals surface area (Å²) in [7, 11) is 3.24. The Balaban J connectivity index is 2.44. The smallest absolute Gasteiger partial charge is 0.161 e. The highest BCUT2D eigenvalue weighted by Crippen LogP contribution is 2.38. The molecule has 1 atom stereocenters. The van der Waals surface area contributed by atoms with Crippen molar-refractivity contribution in [2.45, 2.75) is 13.0 Å². The molecule has 2 aromatic rings. The van der Waals surface area contributed by atoms with E-state index >= 15 is 0 Å². The molecule has 0 aliphatic carbocycles. The summed E-state index contributed by atoms with van der Waals surface area (Å²) in [6.45, 7) is 2.07. The molecule has 19 heavy (non-hydrogen) atoms. The van der Waals surface area contributed by atoms with Gasteiger partial charge in [-0.25, -0.2) is 0 Å². The summed E-state index contributed by atoms with van der Waals surface area (Å²) < 4.78 is 11.5. The molecule has 3 nitrogen and oxygen atoms in total. The van der Waals surface area contributed by atoms with Crippen molar-refractivity contribution < 1.29 is 9.47 Å². The average molecular weight is 342 g/mol. The summed E-state index contributed by atoms with van der Waals surface area (Å²) in [5.74, 6) is 1.37. The molecule has 1 aromatic carbocycles. The molecule has 0 saturated heterocycles. The number of nitrogens with two attached hydrogens (primary N) is 1. The lowest BCUT2D eigenvalue weighted by atomic mass is 10.1. The van der Waals surface area contributed by atoms with Crippen LogP contribution in [0.15, 0.2) is 28.7 Å². The van der Waals surface area contributed by atoms with E-state index in [9.17, 15) is 0 Å². The highest BCUT2D eigenvalue weighted by atomic mass is 79.9. The van der Waals surface area contributed by atoms with Crippen molar-refractivity contribution in [3.05, 3.63) is 44.1 Å². The molecule has 0 aliphatic rings. The van der Waals surface area contributed by atoms with Crippen LogP contribution in [0.3, 0.4) is 0 Å². The van der Waals surface area contributed by atoms with Crippen molar-refractivity contribution in [1.82, 2.24) is 0 Å². The second-order valence-electron chi connectivity index (χ2n) is 4.15. The summed E-state index contributed by atoms with van der Waals surface area (Å²) >= 11 is 5.25. The largest absolute Gasteiger partial charge is 0.493 e. The summed E-state index contributed by atoms with van der Waals surface area (Å²) in [6, 6.07) is 7.77. The first-order valence-electron chi connectivity index (χ1n) is 5.80. The van der Waals surface area contributed by atoms with Gasteiger partial charge in [-0.15, -0.1) is 11.3 Å². The van der Waals surface area contributed by atoms with E-state index in [-0.39, 0.29) is 6.04 Å². The molecule has 0 aliphatic heterocycles. The molecule has 1 aromatic heterocycles. The zero-order valence-electron chi connectivity index (χ0n) is 11.1. The Labute approximate surface area is 125 Å². The van der Waals surface area contributed by atoms with Gasteiger partial charge < -0.3 is 15.2 Å². The molecule has 1 unspecified atom stereocenters. The number of halogens is 1. The van der Waals surface area contributed by atoms with Crippen LogP contribution in [0, 0.1) is 6.92 Å². The van der Waals surface area contributed by atoms with Crippen LogP contribution in [0.25, 0.3) is 0 Å². The molecule has 0 radical (unpaired) electrons. The lowest BCUT2D eigenvalue weighted by Gasteiger charge is -2.16. The summed E-state index contributed by atoms with van der Waals surface area (Å²) in [5.41, 5.74) is 7.32. The zero-order valence-corrected chi connectivity index (χ0v) is 13.5. The van der Waals surface area contributed by atoms with Crippen LogP contribution in [0.5, 0.6) is 11.5 Å². The minimum atomic E-state index is -0.173. The van der Waals surface area contributed by atoms with Gasteiger partial charge in [-0.3, -0.25) is 0 Å². The van der Waals surface area contributed by atoms with E-state index in [1.165, 1.54) is 4.88 Å². The first kappa shape index (κ1) is 14.4. The van der Waals surface area contributed by atoms with E-state index in [2.05, 4.69) is 35.0 Å². The highest BCUT2D eigenvalue weighted by molar-refractivity contribution is 9.10. The first-order valence-corrected chi connectivity index (χ1v) is 7.41. The van der Waals surface area contributed by atoms with Crippen molar-refractivity contribution in [3.63, 3.8) is 0 Å². The second-order valence-corrected chi connectivity index (χ2v) is 6.33. The lowest BCUT2D eigenvalue weighted by Crippen LogP contribution is -2.11. The summed E-state index contributed by atoms with van der Waals surface area (Å²) in [5, 5.41) is 0. The monoisotopic (exact) mass is 341 g/mol. The lowest BCUT2D eigenvalue weighted by molar-refractivity contribution is 0.354. The number of methoxy groups -OCH3 is 2. The molecular formula is C14H16BrNO2S. The molecule has 5 heteroatoms. The predicted octanol–water partition coefficient (Wildman–Crippen LogP) is 3.88. The maximum absolute atomic E-state index is 6.33. The van der Waals surface area contributed by atoms with E-state index in [4.69, 9.17) is 15.2 Å². The number of aryl methyl sites for hydroxylation is 1. The van der Waals surface area contributed by atoms with E-state index in [1.54, 1.807) is 25.6 Å². The van der Waals surface area contributed by atoms with Gasteiger partial charge in [0, 0.05) is 14.2 Å². The number of rotatable bonds is 4. The Morgan fingerprint density at radius 3 is 2.32 bits per heavy atom. The molecule has 0 bridgehead atoms. The van der Waals surface area contributed by atoms with Gasteiger partial charge in [0.1, 0.15) is 0 Å². The first-order chi connectivity index (χ1) is 9.06. The number of thiophene rings is 1. The van der Waals surface area contributed by atoms with E-state index < -0.39 is 0 Å². The van der Waals surface area contributed by atoms with E-state index in [0.717, 1.165) is 14.9 Å².